The number of nitrogens with two attached hydrogens (primary N) is 1. The van der Waals surface area contributed by atoms with Gasteiger partial charge in [-0.2, -0.15) is 0 Å². The van der Waals surface area contributed by atoms with Crippen LogP contribution in [0.5, 0.6) is 0 Å². The van der Waals surface area contributed by atoms with Crippen LogP contribution in [0.3, 0.4) is 0 Å². The molecule has 0 saturated heterocycles. The zero-order valence-corrected chi connectivity index (χ0v) is 12.1. The molecule has 0 aliphatic rings. The Balaban J connectivity index is 1.94. The highest BCUT2D eigenvalue weighted by Crippen LogP contribution is 2.29. The van der Waals surface area contributed by atoms with Gasteiger partial charge in [0.1, 0.15) is 0 Å². The van der Waals surface area contributed by atoms with E-state index in [1.165, 1.54) is 0 Å². The Bertz CT molecular complexity index is 766. The van der Waals surface area contributed by atoms with Crippen LogP contribution in [-0.4, -0.2) is 5.91 Å². The number of anilines is 2. The molecule has 0 aliphatic carbocycles. The zero-order chi connectivity index (χ0) is 14.7. The first-order valence-corrected chi connectivity index (χ1v) is 7.42. The number of nitrogen functional groups attached to an aromatic ring is 1. The number of hydrogen-bond acceptors (Lipinski definition) is 3. The molecular weight excluding hydrogens is 280 g/mol. The van der Waals surface area contributed by atoms with E-state index < -0.39 is 0 Å². The molecule has 0 spiro atoms. The van der Waals surface area contributed by atoms with Crippen molar-refractivity contribution < 1.29 is 4.79 Å². The second-order valence-electron chi connectivity index (χ2n) is 4.56. The van der Waals surface area contributed by atoms with E-state index >= 15 is 0 Å². The lowest BCUT2D eigenvalue weighted by molar-refractivity contribution is 0.102. The van der Waals surface area contributed by atoms with Crippen molar-refractivity contribution in [1.82, 2.24) is 0 Å². The van der Waals surface area contributed by atoms with E-state index in [1.807, 2.05) is 53.9 Å². The van der Waals surface area contributed by atoms with Gasteiger partial charge in [0.25, 0.3) is 5.91 Å². The van der Waals surface area contributed by atoms with E-state index in [4.69, 9.17) is 5.73 Å². The number of nitrogens with one attached hydrogen (secondary N) is 1. The Morgan fingerprint density at radius 3 is 2.48 bits per heavy atom. The lowest BCUT2D eigenvalue weighted by Crippen LogP contribution is -2.14. The summed E-state index contributed by atoms with van der Waals surface area (Å²) in [6.45, 7) is 0. The molecule has 0 radical (unpaired) electrons. The summed E-state index contributed by atoms with van der Waals surface area (Å²) in [5.41, 5.74) is 8.62. The summed E-state index contributed by atoms with van der Waals surface area (Å²) in [4.78, 5) is 13.6. The molecule has 4 heteroatoms. The van der Waals surface area contributed by atoms with Crippen LogP contribution in [0, 0.1) is 0 Å². The molecule has 21 heavy (non-hydrogen) atoms. The first-order valence-electron chi connectivity index (χ1n) is 6.54. The van der Waals surface area contributed by atoms with Gasteiger partial charge in [-0.25, -0.2) is 0 Å². The molecule has 1 heterocycles. The van der Waals surface area contributed by atoms with E-state index in [2.05, 4.69) is 5.32 Å². The fourth-order valence-corrected chi connectivity index (χ4v) is 2.89. The Hall–Kier alpha value is -2.59. The van der Waals surface area contributed by atoms with Crippen LogP contribution >= 0.6 is 11.3 Å². The average Bonchev–Trinajstić information content (AvgIpc) is 3.04. The van der Waals surface area contributed by atoms with Crippen molar-refractivity contribution in [3.8, 4) is 10.4 Å². The average molecular weight is 294 g/mol. The fraction of sp³-hybridized carbons (Fsp3) is 0. The van der Waals surface area contributed by atoms with Gasteiger partial charge in [0.2, 0.25) is 0 Å². The lowest BCUT2D eigenvalue weighted by atomic mass is 10.1. The number of carbonyl (C=O) groups excluding carboxylic acids is 1. The van der Waals surface area contributed by atoms with Gasteiger partial charge in [-0.15, -0.1) is 11.3 Å². The third-order valence-corrected chi connectivity index (χ3v) is 4.07. The van der Waals surface area contributed by atoms with Crippen LogP contribution in [-0.2, 0) is 0 Å². The van der Waals surface area contributed by atoms with Gasteiger partial charge in [0, 0.05) is 16.0 Å². The van der Waals surface area contributed by atoms with E-state index in [0.717, 1.165) is 10.4 Å². The van der Waals surface area contributed by atoms with Crippen molar-refractivity contribution in [1.29, 1.82) is 0 Å². The maximum Gasteiger partial charge on any atom is 0.256 e. The van der Waals surface area contributed by atoms with Crippen LogP contribution < -0.4 is 11.1 Å². The summed E-state index contributed by atoms with van der Waals surface area (Å²) in [6, 6.07) is 18.8. The molecule has 0 aliphatic heterocycles. The summed E-state index contributed by atoms with van der Waals surface area (Å²) < 4.78 is 0. The second kappa shape index (κ2) is 5.81. The maximum atomic E-state index is 12.5. The van der Waals surface area contributed by atoms with E-state index in [0.29, 0.717) is 16.9 Å². The molecule has 2 aromatic carbocycles. The van der Waals surface area contributed by atoms with Crippen LogP contribution in [0.1, 0.15) is 10.4 Å². The number of rotatable bonds is 3. The monoisotopic (exact) mass is 294 g/mol. The van der Waals surface area contributed by atoms with E-state index in [-0.39, 0.29) is 5.91 Å². The topological polar surface area (TPSA) is 55.1 Å². The zero-order valence-electron chi connectivity index (χ0n) is 11.2. The summed E-state index contributed by atoms with van der Waals surface area (Å²) in [7, 11) is 0. The predicted octanol–water partition coefficient (Wildman–Crippen LogP) is 4.25. The molecule has 0 atom stereocenters. The van der Waals surface area contributed by atoms with Crippen molar-refractivity contribution in [2.45, 2.75) is 0 Å². The smallest absolute Gasteiger partial charge is 0.256 e. The minimum Gasteiger partial charge on any atom is -0.397 e. The number of hydrogen-bond donors (Lipinski definition) is 2. The maximum absolute atomic E-state index is 12.5. The van der Waals surface area contributed by atoms with Gasteiger partial charge in [0.05, 0.1) is 11.4 Å². The van der Waals surface area contributed by atoms with Crippen LogP contribution in [0.4, 0.5) is 11.4 Å². The Labute approximate surface area is 127 Å². The van der Waals surface area contributed by atoms with Crippen LogP contribution in [0.2, 0.25) is 0 Å². The molecule has 3 rings (SSSR count). The Morgan fingerprint density at radius 1 is 0.952 bits per heavy atom. The van der Waals surface area contributed by atoms with Crippen molar-refractivity contribution in [3.05, 3.63) is 71.6 Å². The third kappa shape index (κ3) is 2.80. The lowest BCUT2D eigenvalue weighted by Gasteiger charge is -2.10. The number of benzene rings is 2. The molecule has 3 aromatic rings. The second-order valence-corrected chi connectivity index (χ2v) is 5.51. The number of carbonyl (C=O) groups is 1. The predicted molar refractivity (Wildman–Crippen MR) is 88.6 cm³/mol. The normalized spacial score (nSPS) is 10.3. The number of amides is 1. The van der Waals surface area contributed by atoms with Gasteiger partial charge in [-0.05, 0) is 29.6 Å². The quantitative estimate of drug-likeness (QED) is 0.709. The van der Waals surface area contributed by atoms with Gasteiger partial charge in [-0.3, -0.25) is 4.79 Å². The van der Waals surface area contributed by atoms with Gasteiger partial charge >= 0.3 is 0 Å². The van der Waals surface area contributed by atoms with E-state index in [1.54, 1.807) is 23.5 Å². The Morgan fingerprint density at radius 2 is 1.71 bits per heavy atom. The minimum atomic E-state index is -0.156. The fourth-order valence-electron chi connectivity index (χ4n) is 2.13. The van der Waals surface area contributed by atoms with E-state index in [9.17, 15) is 4.79 Å². The van der Waals surface area contributed by atoms with Crippen molar-refractivity contribution in [2.75, 3.05) is 11.1 Å². The van der Waals surface area contributed by atoms with Crippen LogP contribution in [0.15, 0.2) is 66.0 Å². The summed E-state index contributed by atoms with van der Waals surface area (Å²) in [5, 5.41) is 4.87. The molecule has 1 aromatic heterocycles. The first kappa shape index (κ1) is 13.4. The molecule has 104 valence electrons. The highest BCUT2D eigenvalue weighted by molar-refractivity contribution is 7.13. The summed E-state index contributed by atoms with van der Waals surface area (Å²) >= 11 is 1.61. The molecule has 1 amide bonds. The highest BCUT2D eigenvalue weighted by Gasteiger charge is 2.13. The third-order valence-electron chi connectivity index (χ3n) is 3.17. The van der Waals surface area contributed by atoms with Crippen molar-refractivity contribution in [3.63, 3.8) is 0 Å². The molecule has 0 saturated carbocycles. The molecule has 3 nitrogen and oxygen atoms in total. The van der Waals surface area contributed by atoms with Crippen molar-refractivity contribution in [2.24, 2.45) is 0 Å². The molecular formula is C17H14N2OS. The molecule has 0 bridgehead atoms. The standard InChI is InChI=1S/C17H14N2OS/c18-14-8-3-4-9-15(14)19-17(20)13-7-2-1-6-12(13)16-10-5-11-21-16/h1-11H,18H2,(H,19,20). The molecule has 0 fully saturated rings. The highest BCUT2D eigenvalue weighted by atomic mass is 32.1. The van der Waals surface area contributed by atoms with Gasteiger partial charge in [-0.1, -0.05) is 36.4 Å². The van der Waals surface area contributed by atoms with Gasteiger partial charge in [0.15, 0.2) is 0 Å². The molecule has 3 N–H and O–H groups in total. The Kier molecular flexibility index (Phi) is 3.71. The van der Waals surface area contributed by atoms with Crippen LogP contribution in [0.25, 0.3) is 10.4 Å². The summed E-state index contributed by atoms with van der Waals surface area (Å²) in [5.74, 6) is -0.156. The van der Waals surface area contributed by atoms with Crippen molar-refractivity contribution >= 4 is 28.6 Å². The SMILES string of the molecule is Nc1ccccc1NC(=O)c1ccccc1-c1cccs1. The molecule has 0 unspecified atom stereocenters. The van der Waals surface area contributed by atoms with Gasteiger partial charge < -0.3 is 11.1 Å². The summed E-state index contributed by atoms with van der Waals surface area (Å²) in [6.07, 6.45) is 0. The largest absolute Gasteiger partial charge is 0.397 e. The first-order chi connectivity index (χ1) is 10.3. The number of para-hydroxylation sites is 2. The minimum absolute atomic E-state index is 0.156. The number of thiophene rings is 1.